The molecule has 2 N–H and O–H groups in total. The van der Waals surface area contributed by atoms with Crippen LogP contribution in [0.25, 0.3) is 0 Å². The zero-order chi connectivity index (χ0) is 13.0. The Labute approximate surface area is 112 Å². The highest BCUT2D eigenvalue weighted by Gasteiger charge is 2.21. The number of hydrogen-bond acceptors (Lipinski definition) is 4. The van der Waals surface area contributed by atoms with Crippen molar-refractivity contribution < 1.29 is 4.42 Å². The van der Waals surface area contributed by atoms with Crippen molar-refractivity contribution in [1.29, 1.82) is 0 Å². The van der Waals surface area contributed by atoms with E-state index in [-0.39, 0.29) is 11.3 Å². The summed E-state index contributed by atoms with van der Waals surface area (Å²) in [5.41, 5.74) is 7.40. The molecule has 3 nitrogen and oxygen atoms in total. The zero-order valence-corrected chi connectivity index (χ0v) is 11.5. The third kappa shape index (κ3) is 2.94. The maximum Gasteiger partial charge on any atom is 0.114 e. The molecule has 0 radical (unpaired) electrons. The maximum atomic E-state index is 6.24. The Morgan fingerprint density at radius 3 is 2.83 bits per heavy atom. The van der Waals surface area contributed by atoms with E-state index in [2.05, 4.69) is 18.0 Å². The molecule has 0 aliphatic carbocycles. The highest BCUT2D eigenvalue weighted by atomic mass is 32.2. The van der Waals surface area contributed by atoms with Gasteiger partial charge in [0.1, 0.15) is 5.76 Å². The first-order valence-electron chi connectivity index (χ1n) is 6.08. The van der Waals surface area contributed by atoms with Gasteiger partial charge in [0.25, 0.3) is 0 Å². The summed E-state index contributed by atoms with van der Waals surface area (Å²) in [5, 5.41) is 0.208. The van der Waals surface area contributed by atoms with Crippen LogP contribution in [0.1, 0.15) is 29.9 Å². The van der Waals surface area contributed by atoms with Gasteiger partial charge in [0, 0.05) is 23.3 Å². The van der Waals surface area contributed by atoms with Crippen LogP contribution >= 0.6 is 11.8 Å². The number of nitrogens with two attached hydrogens (primary N) is 1. The lowest BCUT2D eigenvalue weighted by Crippen LogP contribution is -2.25. The van der Waals surface area contributed by atoms with Crippen molar-refractivity contribution in [2.24, 2.45) is 5.73 Å². The van der Waals surface area contributed by atoms with Crippen LogP contribution < -0.4 is 5.73 Å². The smallest absolute Gasteiger partial charge is 0.114 e. The van der Waals surface area contributed by atoms with E-state index in [1.54, 1.807) is 24.2 Å². The normalized spacial score (nSPS) is 14.4. The molecule has 0 aromatic carbocycles. The molecule has 2 unspecified atom stereocenters. The molecule has 2 aromatic rings. The van der Waals surface area contributed by atoms with Crippen LogP contribution in [0.4, 0.5) is 0 Å². The van der Waals surface area contributed by atoms with Gasteiger partial charge in [0.05, 0.1) is 11.5 Å². The molecule has 0 saturated carbocycles. The Kier molecular flexibility index (Phi) is 4.44. The van der Waals surface area contributed by atoms with Crippen molar-refractivity contribution >= 4 is 11.8 Å². The molecule has 96 valence electrons. The number of nitrogens with zero attached hydrogens (tertiary/aromatic N) is 1. The predicted molar refractivity (Wildman–Crippen MR) is 74.5 cm³/mol. The summed E-state index contributed by atoms with van der Waals surface area (Å²) < 4.78 is 5.34. The minimum atomic E-state index is 0.105. The first-order valence-corrected chi connectivity index (χ1v) is 6.96. The quantitative estimate of drug-likeness (QED) is 0.837. The van der Waals surface area contributed by atoms with Gasteiger partial charge in [-0.05, 0) is 31.0 Å². The summed E-state index contributed by atoms with van der Waals surface area (Å²) in [7, 11) is 0. The van der Waals surface area contributed by atoms with Crippen molar-refractivity contribution in [2.45, 2.75) is 36.5 Å². The van der Waals surface area contributed by atoms with E-state index in [4.69, 9.17) is 10.2 Å². The van der Waals surface area contributed by atoms with E-state index in [0.29, 0.717) is 0 Å². The number of furan rings is 1. The number of thioether (sulfide) groups is 1. The van der Waals surface area contributed by atoms with E-state index in [1.165, 1.54) is 0 Å². The molecule has 0 saturated heterocycles. The molecular formula is C14H18N2OS. The second kappa shape index (κ2) is 6.07. The summed E-state index contributed by atoms with van der Waals surface area (Å²) in [5.74, 6) is 0.942. The first-order chi connectivity index (χ1) is 8.72. The summed E-state index contributed by atoms with van der Waals surface area (Å²) in [6.45, 7) is 4.08. The van der Waals surface area contributed by atoms with Crippen LogP contribution in [0.2, 0.25) is 0 Å². The molecule has 2 rings (SSSR count). The fourth-order valence-electron chi connectivity index (χ4n) is 1.79. The molecule has 2 atom stereocenters. The van der Waals surface area contributed by atoms with E-state index in [9.17, 15) is 0 Å². The van der Waals surface area contributed by atoms with Gasteiger partial charge in [-0.25, -0.2) is 0 Å². The molecule has 2 aromatic heterocycles. The Morgan fingerprint density at radius 2 is 2.28 bits per heavy atom. The standard InChI is InChI=1S/C14H18N2OS/c1-3-12(15)14(11-5-4-7-16-9-11)18-13-6-8-17-10(13)2/h4-9,12,14H,3,15H2,1-2H3. The van der Waals surface area contributed by atoms with Crippen LogP contribution in [0.5, 0.6) is 0 Å². The minimum absolute atomic E-state index is 0.105. The number of pyridine rings is 1. The number of aryl methyl sites for hydroxylation is 1. The first kappa shape index (κ1) is 13.2. The number of hydrogen-bond donors (Lipinski definition) is 1. The topological polar surface area (TPSA) is 52.0 Å². The largest absolute Gasteiger partial charge is 0.468 e. The average Bonchev–Trinajstić information content (AvgIpc) is 2.81. The second-order valence-electron chi connectivity index (χ2n) is 4.24. The third-order valence-electron chi connectivity index (χ3n) is 2.94. The molecule has 4 heteroatoms. The number of aromatic nitrogens is 1. The Morgan fingerprint density at radius 1 is 1.44 bits per heavy atom. The highest BCUT2D eigenvalue weighted by molar-refractivity contribution is 7.99. The Balaban J connectivity index is 2.24. The minimum Gasteiger partial charge on any atom is -0.468 e. The average molecular weight is 262 g/mol. The second-order valence-corrected chi connectivity index (χ2v) is 5.42. The van der Waals surface area contributed by atoms with Crippen LogP contribution in [-0.2, 0) is 0 Å². The van der Waals surface area contributed by atoms with Gasteiger partial charge in [0.15, 0.2) is 0 Å². The van der Waals surface area contributed by atoms with Crippen molar-refractivity contribution in [2.75, 3.05) is 0 Å². The van der Waals surface area contributed by atoms with E-state index in [1.807, 2.05) is 25.3 Å². The SMILES string of the molecule is CCC(N)C(Sc1ccoc1C)c1cccnc1. The summed E-state index contributed by atoms with van der Waals surface area (Å²) in [6, 6.07) is 6.13. The fourth-order valence-corrected chi connectivity index (χ4v) is 3.06. The molecule has 0 amide bonds. The Hall–Kier alpha value is -1.26. The molecule has 0 bridgehead atoms. The lowest BCUT2D eigenvalue weighted by atomic mass is 10.1. The monoisotopic (exact) mass is 262 g/mol. The fraction of sp³-hybridized carbons (Fsp3) is 0.357. The molecule has 18 heavy (non-hydrogen) atoms. The number of rotatable bonds is 5. The molecule has 0 aliphatic heterocycles. The molecular weight excluding hydrogens is 244 g/mol. The van der Waals surface area contributed by atoms with Gasteiger partial charge in [-0.15, -0.1) is 11.8 Å². The van der Waals surface area contributed by atoms with Gasteiger partial charge in [-0.2, -0.15) is 0 Å². The van der Waals surface area contributed by atoms with Crippen LogP contribution in [0.15, 0.2) is 46.2 Å². The molecule has 2 heterocycles. The van der Waals surface area contributed by atoms with E-state index < -0.39 is 0 Å². The zero-order valence-electron chi connectivity index (χ0n) is 10.7. The maximum absolute atomic E-state index is 6.24. The lowest BCUT2D eigenvalue weighted by molar-refractivity contribution is 0.526. The molecule has 0 aliphatic rings. The van der Waals surface area contributed by atoms with Crippen LogP contribution in [0, 0.1) is 6.92 Å². The van der Waals surface area contributed by atoms with Crippen molar-refractivity contribution in [3.05, 3.63) is 48.2 Å². The lowest BCUT2D eigenvalue weighted by Gasteiger charge is -2.22. The molecule has 0 fully saturated rings. The summed E-state index contributed by atoms with van der Waals surface area (Å²) in [4.78, 5) is 5.33. The van der Waals surface area contributed by atoms with Crippen molar-refractivity contribution in [3.8, 4) is 0 Å². The summed E-state index contributed by atoms with van der Waals surface area (Å²) >= 11 is 1.75. The van der Waals surface area contributed by atoms with Crippen LogP contribution in [0.3, 0.4) is 0 Å². The van der Waals surface area contributed by atoms with E-state index >= 15 is 0 Å². The third-order valence-corrected chi connectivity index (χ3v) is 4.49. The van der Waals surface area contributed by atoms with E-state index in [0.717, 1.165) is 22.6 Å². The molecule has 0 spiro atoms. The Bertz CT molecular complexity index is 484. The van der Waals surface area contributed by atoms with Crippen LogP contribution in [-0.4, -0.2) is 11.0 Å². The summed E-state index contributed by atoms with van der Waals surface area (Å²) in [6.07, 6.45) is 6.33. The van der Waals surface area contributed by atoms with Gasteiger partial charge < -0.3 is 10.2 Å². The van der Waals surface area contributed by atoms with Gasteiger partial charge in [0.2, 0.25) is 0 Å². The van der Waals surface area contributed by atoms with Crippen molar-refractivity contribution in [1.82, 2.24) is 4.98 Å². The van der Waals surface area contributed by atoms with Crippen molar-refractivity contribution in [3.63, 3.8) is 0 Å². The van der Waals surface area contributed by atoms with Gasteiger partial charge in [-0.1, -0.05) is 13.0 Å². The predicted octanol–water partition coefficient (Wildman–Crippen LogP) is 3.55. The van der Waals surface area contributed by atoms with Gasteiger partial charge in [-0.3, -0.25) is 4.98 Å². The van der Waals surface area contributed by atoms with Gasteiger partial charge >= 0.3 is 0 Å². The highest BCUT2D eigenvalue weighted by Crippen LogP contribution is 2.39.